The van der Waals surface area contributed by atoms with Crippen molar-refractivity contribution in [3.05, 3.63) is 21.9 Å². The normalized spacial score (nSPS) is 16.0. The Kier molecular flexibility index (Phi) is 8.34. The molecule has 0 spiro atoms. The number of carbonyl (C=O) groups is 3. The van der Waals surface area contributed by atoms with E-state index in [-0.39, 0.29) is 55.1 Å². The monoisotopic (exact) mass is 403 g/mol. The highest BCUT2D eigenvalue weighted by molar-refractivity contribution is 7.14. The molecule has 1 fully saturated rings. The summed E-state index contributed by atoms with van der Waals surface area (Å²) in [6.07, 6.45) is 0.769. The molecule has 0 bridgehead atoms. The number of aryl methyl sites for hydroxylation is 1. The van der Waals surface area contributed by atoms with Crippen molar-refractivity contribution in [1.82, 2.24) is 9.80 Å². The first kappa shape index (κ1) is 22.3. The highest BCUT2D eigenvalue weighted by atomic mass is 32.1. The topological polar surface area (TPSA) is 81.5 Å². The fourth-order valence-corrected chi connectivity index (χ4v) is 4.23. The quantitative estimate of drug-likeness (QED) is 0.592. The molecule has 6 nitrogen and oxygen atoms in total. The number of Topliss-reactive ketones (excluding diaryl/α,β-unsaturated/α-hetero) is 2. The number of thiophene rings is 1. The number of rotatable bonds is 9. The van der Waals surface area contributed by atoms with Gasteiger partial charge in [0.2, 0.25) is 5.91 Å². The number of carbonyl (C=O) groups excluding carboxylic acids is 3. The molecule has 0 aromatic carbocycles. The fourth-order valence-electron chi connectivity index (χ4n) is 3.39. The van der Waals surface area contributed by atoms with Crippen LogP contribution in [0.1, 0.15) is 54.1 Å². The Labute approximate surface area is 171 Å². The molecule has 1 aromatic heterocycles. The van der Waals surface area contributed by atoms with Gasteiger partial charge in [-0.2, -0.15) is 5.26 Å². The van der Waals surface area contributed by atoms with Crippen LogP contribution in [0.4, 0.5) is 0 Å². The zero-order chi connectivity index (χ0) is 20.7. The second-order valence-corrected chi connectivity index (χ2v) is 8.89. The van der Waals surface area contributed by atoms with E-state index in [9.17, 15) is 19.6 Å². The Morgan fingerprint density at radius 1 is 1.07 bits per heavy atom. The zero-order valence-electron chi connectivity index (χ0n) is 16.9. The van der Waals surface area contributed by atoms with Crippen molar-refractivity contribution in [3.63, 3.8) is 0 Å². The summed E-state index contributed by atoms with van der Waals surface area (Å²) in [4.78, 5) is 42.2. The van der Waals surface area contributed by atoms with Crippen LogP contribution in [-0.2, 0) is 9.59 Å². The third-order valence-electron chi connectivity index (χ3n) is 5.09. The molecule has 0 aliphatic carbocycles. The van der Waals surface area contributed by atoms with Gasteiger partial charge in [0.05, 0.1) is 10.9 Å². The van der Waals surface area contributed by atoms with Gasteiger partial charge in [0.1, 0.15) is 11.8 Å². The van der Waals surface area contributed by atoms with E-state index in [1.807, 2.05) is 26.8 Å². The number of piperazine rings is 1. The van der Waals surface area contributed by atoms with Crippen LogP contribution in [0.5, 0.6) is 0 Å². The van der Waals surface area contributed by atoms with Crippen LogP contribution >= 0.6 is 11.3 Å². The summed E-state index contributed by atoms with van der Waals surface area (Å²) < 4.78 is 0. The first-order valence-electron chi connectivity index (χ1n) is 9.84. The van der Waals surface area contributed by atoms with E-state index in [1.165, 1.54) is 11.3 Å². The summed E-state index contributed by atoms with van der Waals surface area (Å²) in [6, 6.07) is 5.92. The minimum absolute atomic E-state index is 0.00824. The Hall–Kier alpha value is -2.04. The Balaban J connectivity index is 1.69. The maximum absolute atomic E-state index is 12.4. The van der Waals surface area contributed by atoms with Crippen LogP contribution in [-0.4, -0.2) is 59.5 Å². The molecular formula is C21H29N3O3S. The summed E-state index contributed by atoms with van der Waals surface area (Å²) in [6.45, 7) is 8.56. The molecule has 1 atom stereocenters. The second kappa shape index (κ2) is 10.5. The highest BCUT2D eigenvalue weighted by Gasteiger charge is 2.27. The van der Waals surface area contributed by atoms with Crippen molar-refractivity contribution in [3.8, 4) is 6.07 Å². The zero-order valence-corrected chi connectivity index (χ0v) is 17.8. The maximum Gasteiger partial charge on any atom is 0.223 e. The van der Waals surface area contributed by atoms with Crippen LogP contribution in [0.2, 0.25) is 0 Å². The van der Waals surface area contributed by atoms with Gasteiger partial charge >= 0.3 is 0 Å². The number of hydrogen-bond acceptors (Lipinski definition) is 6. The van der Waals surface area contributed by atoms with Gasteiger partial charge in [0.15, 0.2) is 5.78 Å². The fraction of sp³-hybridized carbons (Fsp3) is 0.619. The molecule has 7 heteroatoms. The molecular weight excluding hydrogens is 374 g/mol. The van der Waals surface area contributed by atoms with Gasteiger partial charge in [-0.25, -0.2) is 0 Å². The van der Waals surface area contributed by atoms with E-state index in [0.29, 0.717) is 31.1 Å². The van der Waals surface area contributed by atoms with E-state index in [4.69, 9.17) is 0 Å². The average Bonchev–Trinajstić information content (AvgIpc) is 3.11. The van der Waals surface area contributed by atoms with Crippen LogP contribution < -0.4 is 0 Å². The number of ketones is 2. The predicted molar refractivity (Wildman–Crippen MR) is 109 cm³/mol. The minimum Gasteiger partial charge on any atom is -0.340 e. The molecule has 1 aliphatic rings. The largest absolute Gasteiger partial charge is 0.340 e. The summed E-state index contributed by atoms with van der Waals surface area (Å²) in [5.41, 5.74) is 0. The minimum atomic E-state index is -0.122. The molecule has 0 saturated carbocycles. The summed E-state index contributed by atoms with van der Waals surface area (Å²) in [5, 5.41) is 9.30. The lowest BCUT2D eigenvalue weighted by molar-refractivity contribution is -0.135. The Morgan fingerprint density at radius 2 is 1.71 bits per heavy atom. The molecule has 152 valence electrons. The molecule has 1 saturated heterocycles. The van der Waals surface area contributed by atoms with Gasteiger partial charge in [-0.1, -0.05) is 13.8 Å². The van der Waals surface area contributed by atoms with Gasteiger partial charge < -0.3 is 4.90 Å². The van der Waals surface area contributed by atoms with Crippen molar-refractivity contribution in [2.24, 2.45) is 5.92 Å². The van der Waals surface area contributed by atoms with Crippen molar-refractivity contribution in [1.29, 1.82) is 5.26 Å². The van der Waals surface area contributed by atoms with Gasteiger partial charge in [0.25, 0.3) is 0 Å². The van der Waals surface area contributed by atoms with E-state index >= 15 is 0 Å². The van der Waals surface area contributed by atoms with Gasteiger partial charge in [-0.05, 0) is 25.0 Å². The smallest absolute Gasteiger partial charge is 0.223 e. The standard InChI is InChI=1S/C21H29N3O3S/c1-15(2)18(14-22)23-10-12-24(13-11-23)21(27)9-6-17(25)5-7-19(26)20-8-4-16(3)28-20/h4,8,15,18H,5-7,9-13H2,1-3H3. The first-order chi connectivity index (χ1) is 13.3. The third kappa shape index (κ3) is 6.25. The van der Waals surface area contributed by atoms with Crippen molar-refractivity contribution in [2.45, 2.75) is 52.5 Å². The number of hydrogen-bond donors (Lipinski definition) is 0. The lowest BCUT2D eigenvalue weighted by atomic mass is 10.0. The molecule has 1 aliphatic heterocycles. The molecule has 28 heavy (non-hydrogen) atoms. The van der Waals surface area contributed by atoms with Gasteiger partial charge in [0, 0.05) is 56.7 Å². The Bertz CT molecular complexity index is 742. The van der Waals surface area contributed by atoms with Crippen LogP contribution in [0, 0.1) is 24.2 Å². The molecule has 2 heterocycles. The Morgan fingerprint density at radius 3 is 2.25 bits per heavy atom. The summed E-state index contributed by atoms with van der Waals surface area (Å²) >= 11 is 1.44. The summed E-state index contributed by atoms with van der Waals surface area (Å²) in [5.74, 6) is 0.181. The van der Waals surface area contributed by atoms with E-state index in [2.05, 4.69) is 11.0 Å². The first-order valence-corrected chi connectivity index (χ1v) is 10.7. The third-order valence-corrected chi connectivity index (χ3v) is 6.13. The number of nitriles is 1. The maximum atomic E-state index is 12.4. The van der Waals surface area contributed by atoms with Gasteiger partial charge in [-0.15, -0.1) is 11.3 Å². The van der Waals surface area contributed by atoms with Crippen molar-refractivity contribution >= 4 is 28.8 Å². The van der Waals surface area contributed by atoms with Crippen molar-refractivity contribution < 1.29 is 14.4 Å². The second-order valence-electron chi connectivity index (χ2n) is 7.61. The molecule has 0 radical (unpaired) electrons. The van der Waals surface area contributed by atoms with E-state index < -0.39 is 0 Å². The SMILES string of the molecule is Cc1ccc(C(=O)CCC(=O)CCC(=O)N2CCN(C(C#N)C(C)C)CC2)s1. The van der Waals surface area contributed by atoms with Crippen molar-refractivity contribution in [2.75, 3.05) is 26.2 Å². The molecule has 1 unspecified atom stereocenters. The molecule has 1 amide bonds. The number of nitrogens with zero attached hydrogens (tertiary/aromatic N) is 3. The van der Waals surface area contributed by atoms with E-state index in [0.717, 1.165) is 4.88 Å². The highest BCUT2D eigenvalue weighted by Crippen LogP contribution is 2.18. The van der Waals surface area contributed by atoms with Crippen LogP contribution in [0.3, 0.4) is 0 Å². The van der Waals surface area contributed by atoms with Gasteiger partial charge in [-0.3, -0.25) is 19.3 Å². The number of amides is 1. The average molecular weight is 404 g/mol. The summed E-state index contributed by atoms with van der Waals surface area (Å²) in [7, 11) is 0. The van der Waals surface area contributed by atoms with E-state index in [1.54, 1.807) is 11.0 Å². The lowest BCUT2D eigenvalue weighted by Gasteiger charge is -2.38. The van der Waals surface area contributed by atoms with Crippen LogP contribution in [0.25, 0.3) is 0 Å². The van der Waals surface area contributed by atoms with Crippen LogP contribution in [0.15, 0.2) is 12.1 Å². The lowest BCUT2D eigenvalue weighted by Crippen LogP contribution is -2.52. The molecule has 0 N–H and O–H groups in total. The molecule has 1 aromatic rings. The molecule has 2 rings (SSSR count). The predicted octanol–water partition coefficient (Wildman–Crippen LogP) is 3.06.